The van der Waals surface area contributed by atoms with E-state index in [9.17, 15) is 27.9 Å². The summed E-state index contributed by atoms with van der Waals surface area (Å²) in [5.41, 5.74) is 6.77. The van der Waals surface area contributed by atoms with E-state index in [1.165, 1.54) is 16.8 Å². The average molecular weight is 518 g/mol. The third kappa shape index (κ3) is 4.66. The van der Waals surface area contributed by atoms with Gasteiger partial charge in [-0.2, -0.15) is 0 Å². The lowest BCUT2D eigenvalue weighted by Crippen LogP contribution is -2.35. The number of nitrogens with zero attached hydrogens (tertiary/aromatic N) is 4. The highest BCUT2D eigenvalue weighted by Crippen LogP contribution is 2.42. The van der Waals surface area contributed by atoms with E-state index < -0.39 is 30.0 Å². The summed E-state index contributed by atoms with van der Waals surface area (Å²) in [6.07, 6.45) is -1.58. The molecule has 0 radical (unpaired) electrons. The third-order valence-corrected chi connectivity index (χ3v) is 6.71. The molecule has 2 atom stereocenters. The number of amides is 2. The van der Waals surface area contributed by atoms with Gasteiger partial charge in [-0.3, -0.25) is 9.59 Å². The molecular formula is C24H25F3N6O4. The van der Waals surface area contributed by atoms with Gasteiger partial charge in [0, 0.05) is 30.4 Å². The van der Waals surface area contributed by atoms with Gasteiger partial charge in [-0.05, 0) is 56.4 Å². The second-order valence-electron chi connectivity index (χ2n) is 9.47. The summed E-state index contributed by atoms with van der Waals surface area (Å²) >= 11 is 0. The van der Waals surface area contributed by atoms with E-state index >= 15 is 0 Å². The van der Waals surface area contributed by atoms with Crippen molar-refractivity contribution in [2.24, 2.45) is 5.92 Å². The number of fused-ring (bicyclic) bond motifs is 2. The number of nitrogens with two attached hydrogens (primary N) is 1. The van der Waals surface area contributed by atoms with Gasteiger partial charge in [0.1, 0.15) is 11.3 Å². The van der Waals surface area contributed by atoms with Crippen LogP contribution in [-0.4, -0.2) is 61.5 Å². The first-order chi connectivity index (χ1) is 17.5. The minimum Gasteiger partial charge on any atom is -0.405 e. The van der Waals surface area contributed by atoms with Crippen LogP contribution in [0.15, 0.2) is 24.4 Å². The smallest absolute Gasteiger partial charge is 0.405 e. The van der Waals surface area contributed by atoms with Gasteiger partial charge >= 0.3 is 6.36 Å². The summed E-state index contributed by atoms with van der Waals surface area (Å²) in [4.78, 5) is 31.9. The lowest BCUT2D eigenvalue weighted by atomic mass is 10.0. The van der Waals surface area contributed by atoms with Gasteiger partial charge in [-0.15, -0.1) is 18.3 Å². The molecule has 3 aromatic rings. The molecule has 4 N–H and O–H groups in total. The van der Waals surface area contributed by atoms with Crippen LogP contribution in [0, 0.1) is 5.92 Å². The number of rotatable bonds is 7. The highest BCUT2D eigenvalue weighted by molar-refractivity contribution is 6.04. The van der Waals surface area contributed by atoms with Crippen molar-refractivity contribution < 1.29 is 32.6 Å². The Morgan fingerprint density at radius 3 is 2.70 bits per heavy atom. The van der Waals surface area contributed by atoms with Gasteiger partial charge in [0.25, 0.3) is 11.8 Å². The van der Waals surface area contributed by atoms with Crippen LogP contribution in [0.3, 0.4) is 0 Å². The minimum absolute atomic E-state index is 0.0327. The number of nitrogens with one attached hydrogen (secondary N) is 1. The Hall–Kier alpha value is -3.87. The first-order valence-electron chi connectivity index (χ1n) is 11.8. The maximum atomic E-state index is 13.3. The van der Waals surface area contributed by atoms with Crippen molar-refractivity contribution in [3.63, 3.8) is 0 Å². The summed E-state index contributed by atoms with van der Waals surface area (Å²) in [6, 6.07) is 3.60. The molecule has 13 heteroatoms. The number of aliphatic hydroxyl groups is 1. The number of carbonyl (C=O) groups is 2. The van der Waals surface area contributed by atoms with Gasteiger partial charge in [0.2, 0.25) is 0 Å². The van der Waals surface area contributed by atoms with Crippen LogP contribution in [0.4, 0.5) is 19.0 Å². The predicted octanol–water partition coefficient (Wildman–Crippen LogP) is 2.74. The van der Waals surface area contributed by atoms with E-state index in [2.05, 4.69) is 20.1 Å². The number of ether oxygens (including phenoxy) is 1. The van der Waals surface area contributed by atoms with E-state index in [1.54, 1.807) is 17.9 Å². The molecule has 0 spiro atoms. The Kier molecular flexibility index (Phi) is 5.97. The zero-order valence-corrected chi connectivity index (χ0v) is 20.0. The molecule has 1 aliphatic carbocycles. The molecular weight excluding hydrogens is 493 g/mol. The normalized spacial score (nSPS) is 17.1. The zero-order chi connectivity index (χ0) is 26.6. The number of benzene rings is 1. The number of carbonyl (C=O) groups excluding carboxylic acids is 2. The molecule has 37 heavy (non-hydrogen) atoms. The number of aromatic nitrogens is 3. The number of halogens is 3. The van der Waals surface area contributed by atoms with Crippen LogP contribution < -0.4 is 15.8 Å². The Morgan fingerprint density at radius 1 is 1.32 bits per heavy atom. The van der Waals surface area contributed by atoms with Crippen LogP contribution in [0.2, 0.25) is 0 Å². The second-order valence-corrected chi connectivity index (χ2v) is 9.47. The number of alkyl halides is 3. The molecule has 1 fully saturated rings. The molecule has 1 saturated carbocycles. The summed E-state index contributed by atoms with van der Waals surface area (Å²) in [7, 11) is 0. The summed E-state index contributed by atoms with van der Waals surface area (Å²) in [5.74, 6) is -1.47. The highest BCUT2D eigenvalue weighted by atomic mass is 19.4. The molecule has 1 aromatic carbocycles. The van der Waals surface area contributed by atoms with E-state index in [0.29, 0.717) is 11.5 Å². The summed E-state index contributed by atoms with van der Waals surface area (Å²) < 4.78 is 45.5. The lowest BCUT2D eigenvalue weighted by molar-refractivity contribution is -0.274. The van der Waals surface area contributed by atoms with Gasteiger partial charge in [0.15, 0.2) is 11.5 Å². The zero-order valence-electron chi connectivity index (χ0n) is 20.0. The molecule has 2 aliphatic rings. The molecule has 2 amide bonds. The largest absolute Gasteiger partial charge is 0.573 e. The minimum atomic E-state index is -5.01. The van der Waals surface area contributed by atoms with Gasteiger partial charge in [-0.25, -0.2) is 9.50 Å². The van der Waals surface area contributed by atoms with Crippen molar-refractivity contribution in [2.45, 2.75) is 51.7 Å². The van der Waals surface area contributed by atoms with Crippen molar-refractivity contribution >= 4 is 23.3 Å². The number of nitrogen functional groups attached to an aromatic ring is 1. The fourth-order valence-corrected chi connectivity index (χ4v) is 4.62. The lowest BCUT2D eigenvalue weighted by Gasteiger charge is -2.24. The van der Waals surface area contributed by atoms with Crippen molar-refractivity contribution in [1.82, 2.24) is 24.8 Å². The number of hydrogen-bond donors (Lipinski definition) is 3. The molecule has 0 saturated heterocycles. The number of hydrogen-bond acceptors (Lipinski definition) is 7. The maximum absolute atomic E-state index is 13.3. The van der Waals surface area contributed by atoms with Crippen LogP contribution in [0.1, 0.15) is 53.0 Å². The Bertz CT molecular complexity index is 1400. The van der Waals surface area contributed by atoms with Crippen molar-refractivity contribution in [2.75, 3.05) is 12.3 Å². The first-order valence-corrected chi connectivity index (χ1v) is 11.8. The first kappa shape index (κ1) is 24.8. The molecule has 0 bridgehead atoms. The van der Waals surface area contributed by atoms with E-state index in [-0.39, 0.29) is 53.0 Å². The Balaban J connectivity index is 1.58. The summed E-state index contributed by atoms with van der Waals surface area (Å²) in [6.45, 7) is 3.36. The van der Waals surface area contributed by atoms with Gasteiger partial charge in [0.05, 0.1) is 17.9 Å². The second kappa shape index (κ2) is 8.91. The fraction of sp³-hybridized carbons (Fsp3) is 0.417. The van der Waals surface area contributed by atoms with Gasteiger partial charge in [-0.1, -0.05) is 0 Å². The topological polar surface area (TPSA) is 135 Å². The number of anilines is 1. The molecule has 3 heterocycles. The molecule has 1 unspecified atom stereocenters. The predicted molar refractivity (Wildman–Crippen MR) is 126 cm³/mol. The van der Waals surface area contributed by atoms with E-state index in [4.69, 9.17) is 5.73 Å². The van der Waals surface area contributed by atoms with Gasteiger partial charge < -0.3 is 25.8 Å². The van der Waals surface area contributed by atoms with Crippen molar-refractivity contribution in [3.8, 4) is 17.0 Å². The van der Waals surface area contributed by atoms with Crippen LogP contribution in [0.5, 0.6) is 5.75 Å². The van der Waals surface area contributed by atoms with E-state index in [0.717, 1.165) is 18.9 Å². The van der Waals surface area contributed by atoms with Crippen molar-refractivity contribution in [3.05, 3.63) is 41.1 Å². The molecule has 2 aromatic heterocycles. The standard InChI is InChI=1S/C24H25F3N6O4/c1-11(10-34)29-22(35)19-20(28)31-33-6-5-16(30-21(19)33)14-7-15-9-32(12(2)13-3-4-13)23(36)18(15)17(8-14)37-24(25,26)27/h5-8,11-13,34H,3-4,9-10H2,1-2H3,(H2,28,31)(H,29,35)/t11-,12?/m1/s1. The molecule has 196 valence electrons. The molecule has 5 rings (SSSR count). The molecule has 1 aliphatic heterocycles. The fourth-order valence-electron chi connectivity index (χ4n) is 4.62. The quantitative estimate of drug-likeness (QED) is 0.438. The SMILES string of the molecule is CC(C1CC1)N1Cc2cc(-c3ccn4nc(N)c(C(=O)N[C@H](C)CO)c4n3)cc(OC(F)(F)F)c2C1=O. The summed E-state index contributed by atoms with van der Waals surface area (Å²) in [5, 5.41) is 15.9. The maximum Gasteiger partial charge on any atom is 0.573 e. The van der Waals surface area contributed by atoms with Crippen LogP contribution in [-0.2, 0) is 6.54 Å². The molecule has 10 nitrogen and oxygen atoms in total. The monoisotopic (exact) mass is 518 g/mol. The van der Waals surface area contributed by atoms with Crippen LogP contribution in [0.25, 0.3) is 16.9 Å². The highest BCUT2D eigenvalue weighted by Gasteiger charge is 2.42. The Morgan fingerprint density at radius 2 is 2.05 bits per heavy atom. The van der Waals surface area contributed by atoms with Crippen LogP contribution >= 0.6 is 0 Å². The third-order valence-electron chi connectivity index (χ3n) is 6.71. The van der Waals surface area contributed by atoms with Crippen molar-refractivity contribution in [1.29, 1.82) is 0 Å². The number of aliphatic hydroxyl groups excluding tert-OH is 1. The van der Waals surface area contributed by atoms with E-state index in [1.807, 2.05) is 6.92 Å². The Labute approximate surface area is 209 Å². The average Bonchev–Trinajstić information content (AvgIpc) is 3.54.